The van der Waals surface area contributed by atoms with E-state index >= 15 is 0 Å². The number of carbonyl (C=O) groups is 1. The molecule has 0 spiro atoms. The normalized spacial score (nSPS) is 19.9. The molecule has 108 valence electrons. The summed E-state index contributed by atoms with van der Waals surface area (Å²) >= 11 is 0. The van der Waals surface area contributed by atoms with Gasteiger partial charge in [0, 0.05) is 12.6 Å². The van der Waals surface area contributed by atoms with Gasteiger partial charge in [0.25, 0.3) is 0 Å². The number of nitrogens with zero attached hydrogens (tertiary/aromatic N) is 1. The van der Waals surface area contributed by atoms with Gasteiger partial charge < -0.3 is 4.74 Å². The van der Waals surface area contributed by atoms with Crippen molar-refractivity contribution in [1.29, 1.82) is 0 Å². The zero-order valence-corrected chi connectivity index (χ0v) is 12.1. The van der Waals surface area contributed by atoms with Crippen molar-refractivity contribution < 1.29 is 9.53 Å². The highest BCUT2D eigenvalue weighted by molar-refractivity contribution is 5.77. The largest absolute Gasteiger partial charge is 0.465 e. The van der Waals surface area contributed by atoms with Crippen LogP contribution in [0.25, 0.3) is 0 Å². The number of benzene rings is 1. The molecule has 2 aliphatic carbocycles. The summed E-state index contributed by atoms with van der Waals surface area (Å²) in [4.78, 5) is 14.8. The van der Waals surface area contributed by atoms with Gasteiger partial charge in [0.1, 0.15) is 6.04 Å². The van der Waals surface area contributed by atoms with Gasteiger partial charge in [-0.3, -0.25) is 4.90 Å². The van der Waals surface area contributed by atoms with Crippen LogP contribution in [0.3, 0.4) is 0 Å². The van der Waals surface area contributed by atoms with Crippen LogP contribution < -0.4 is 0 Å². The molecular weight excluding hydrogens is 250 g/mol. The van der Waals surface area contributed by atoms with Crippen LogP contribution in [-0.2, 0) is 9.53 Å². The molecule has 0 bridgehead atoms. The average Bonchev–Trinajstić information content (AvgIpc) is 3.33. The molecular formula is C17H23NO2. The number of esters is 1. The second-order valence-electron chi connectivity index (χ2n) is 5.94. The van der Waals surface area contributed by atoms with Gasteiger partial charge in [-0.15, -0.1) is 0 Å². The molecule has 0 saturated heterocycles. The van der Waals surface area contributed by atoms with E-state index in [-0.39, 0.29) is 12.0 Å². The second kappa shape index (κ2) is 5.96. The van der Waals surface area contributed by atoms with Crippen LogP contribution in [0.2, 0.25) is 0 Å². The fourth-order valence-electron chi connectivity index (χ4n) is 2.79. The minimum atomic E-state index is -0.218. The summed E-state index contributed by atoms with van der Waals surface area (Å²) in [6.07, 6.45) is 5.06. The Morgan fingerprint density at radius 3 is 2.50 bits per heavy atom. The smallest absolute Gasteiger partial charge is 0.328 e. The van der Waals surface area contributed by atoms with Crippen LogP contribution in [0.1, 0.15) is 44.2 Å². The Morgan fingerprint density at radius 2 is 1.95 bits per heavy atom. The quantitative estimate of drug-likeness (QED) is 0.715. The molecule has 0 heterocycles. The Hall–Kier alpha value is -1.35. The first-order chi connectivity index (χ1) is 9.79. The van der Waals surface area contributed by atoms with Gasteiger partial charge in [0.15, 0.2) is 0 Å². The van der Waals surface area contributed by atoms with Crippen LogP contribution in [0.5, 0.6) is 0 Å². The van der Waals surface area contributed by atoms with Crippen LogP contribution in [0, 0.1) is 5.92 Å². The summed E-state index contributed by atoms with van der Waals surface area (Å²) in [6.45, 7) is 3.37. The fourth-order valence-corrected chi connectivity index (χ4v) is 2.79. The van der Waals surface area contributed by atoms with E-state index in [9.17, 15) is 4.79 Å². The molecule has 0 aromatic heterocycles. The van der Waals surface area contributed by atoms with E-state index in [1.807, 2.05) is 37.3 Å². The van der Waals surface area contributed by atoms with E-state index in [2.05, 4.69) is 4.90 Å². The van der Waals surface area contributed by atoms with Gasteiger partial charge in [-0.2, -0.15) is 0 Å². The van der Waals surface area contributed by atoms with E-state index in [0.717, 1.165) is 18.0 Å². The number of rotatable bonds is 7. The van der Waals surface area contributed by atoms with Gasteiger partial charge in [0.2, 0.25) is 0 Å². The van der Waals surface area contributed by atoms with Gasteiger partial charge in [-0.25, -0.2) is 4.79 Å². The maximum absolute atomic E-state index is 12.5. The average molecular weight is 273 g/mol. The van der Waals surface area contributed by atoms with E-state index in [0.29, 0.717) is 12.6 Å². The highest BCUT2D eigenvalue weighted by Gasteiger charge is 2.41. The molecule has 0 radical (unpaired) electrons. The molecule has 2 aliphatic rings. The Morgan fingerprint density at radius 1 is 1.25 bits per heavy atom. The van der Waals surface area contributed by atoms with Crippen molar-refractivity contribution in [2.75, 3.05) is 13.2 Å². The third kappa shape index (κ3) is 3.21. The van der Waals surface area contributed by atoms with Gasteiger partial charge in [-0.1, -0.05) is 30.3 Å². The minimum Gasteiger partial charge on any atom is -0.465 e. The van der Waals surface area contributed by atoms with E-state index in [4.69, 9.17) is 4.74 Å². The predicted octanol–water partition coefficient (Wildman–Crippen LogP) is 3.17. The Labute approximate surface area is 120 Å². The molecule has 1 aromatic carbocycles. The molecule has 0 N–H and O–H groups in total. The molecule has 3 heteroatoms. The van der Waals surface area contributed by atoms with Crippen molar-refractivity contribution in [3.63, 3.8) is 0 Å². The summed E-state index contributed by atoms with van der Waals surface area (Å²) in [5.74, 6) is 0.697. The zero-order valence-electron chi connectivity index (χ0n) is 12.1. The first kappa shape index (κ1) is 13.6. The number of ether oxygens (including phenoxy) is 1. The maximum atomic E-state index is 12.5. The fraction of sp³-hybridized carbons (Fsp3) is 0.588. The molecule has 2 fully saturated rings. The van der Waals surface area contributed by atoms with Crippen LogP contribution in [0.4, 0.5) is 0 Å². The SMILES string of the molecule is CCOC(=O)C(c1ccccc1)N(CC1CC1)C1CC1. The number of hydrogen-bond acceptors (Lipinski definition) is 3. The summed E-state index contributed by atoms with van der Waals surface area (Å²) in [5, 5.41) is 0. The van der Waals surface area contributed by atoms with E-state index in [1.165, 1.54) is 25.7 Å². The monoisotopic (exact) mass is 273 g/mol. The van der Waals surface area contributed by atoms with Crippen LogP contribution in [0.15, 0.2) is 30.3 Å². The lowest BCUT2D eigenvalue weighted by Gasteiger charge is -2.30. The molecule has 0 amide bonds. The summed E-state index contributed by atoms with van der Waals surface area (Å²) in [6, 6.07) is 10.4. The highest BCUT2D eigenvalue weighted by atomic mass is 16.5. The first-order valence-corrected chi connectivity index (χ1v) is 7.77. The molecule has 1 aromatic rings. The molecule has 1 unspecified atom stereocenters. The van der Waals surface area contributed by atoms with Crippen LogP contribution >= 0.6 is 0 Å². The molecule has 2 saturated carbocycles. The molecule has 1 atom stereocenters. The topological polar surface area (TPSA) is 29.5 Å². The summed E-state index contributed by atoms with van der Waals surface area (Å²) in [5.41, 5.74) is 1.07. The molecule has 3 rings (SSSR count). The zero-order chi connectivity index (χ0) is 13.9. The Kier molecular flexibility index (Phi) is 4.06. The lowest BCUT2D eigenvalue weighted by Crippen LogP contribution is -2.38. The summed E-state index contributed by atoms with van der Waals surface area (Å²) in [7, 11) is 0. The van der Waals surface area contributed by atoms with E-state index < -0.39 is 0 Å². The Bertz CT molecular complexity index is 451. The second-order valence-corrected chi connectivity index (χ2v) is 5.94. The molecule has 0 aliphatic heterocycles. The molecule has 3 nitrogen and oxygen atoms in total. The van der Waals surface area contributed by atoms with E-state index in [1.54, 1.807) is 0 Å². The van der Waals surface area contributed by atoms with Crippen LogP contribution in [-0.4, -0.2) is 30.1 Å². The highest BCUT2D eigenvalue weighted by Crippen LogP contribution is 2.40. The van der Waals surface area contributed by atoms with Gasteiger partial charge >= 0.3 is 5.97 Å². The minimum absolute atomic E-state index is 0.0914. The van der Waals surface area contributed by atoms with Crippen molar-refractivity contribution in [2.45, 2.75) is 44.7 Å². The van der Waals surface area contributed by atoms with Gasteiger partial charge in [0.05, 0.1) is 6.61 Å². The van der Waals surface area contributed by atoms with Crippen molar-refractivity contribution in [3.05, 3.63) is 35.9 Å². The number of hydrogen-bond donors (Lipinski definition) is 0. The van der Waals surface area contributed by atoms with Crippen molar-refractivity contribution >= 4 is 5.97 Å². The third-order valence-corrected chi connectivity index (χ3v) is 4.14. The predicted molar refractivity (Wildman–Crippen MR) is 78.3 cm³/mol. The molecule has 20 heavy (non-hydrogen) atoms. The number of carbonyl (C=O) groups excluding carboxylic acids is 1. The third-order valence-electron chi connectivity index (χ3n) is 4.14. The lowest BCUT2D eigenvalue weighted by atomic mass is 10.0. The van der Waals surface area contributed by atoms with Crippen molar-refractivity contribution in [3.8, 4) is 0 Å². The lowest BCUT2D eigenvalue weighted by molar-refractivity contribution is -0.150. The standard InChI is InChI=1S/C17H23NO2/c1-2-20-17(19)16(14-6-4-3-5-7-14)18(15-10-11-15)12-13-8-9-13/h3-7,13,15-16H,2,8-12H2,1H3. The van der Waals surface area contributed by atoms with Gasteiger partial charge in [-0.05, 0) is 44.1 Å². The Balaban J connectivity index is 1.84. The maximum Gasteiger partial charge on any atom is 0.328 e. The first-order valence-electron chi connectivity index (χ1n) is 7.77. The van der Waals surface area contributed by atoms with Crippen molar-refractivity contribution in [1.82, 2.24) is 4.90 Å². The van der Waals surface area contributed by atoms with Crippen molar-refractivity contribution in [2.24, 2.45) is 5.92 Å². The summed E-state index contributed by atoms with van der Waals surface area (Å²) < 4.78 is 5.34.